The Hall–Kier alpha value is -1.70. The van der Waals surface area contributed by atoms with Crippen LogP contribution in [0, 0.1) is 0 Å². The van der Waals surface area contributed by atoms with Crippen molar-refractivity contribution in [2.24, 2.45) is 0 Å². The highest BCUT2D eigenvalue weighted by atomic mass is 31.2. The summed E-state index contributed by atoms with van der Waals surface area (Å²) >= 11 is 0. The van der Waals surface area contributed by atoms with E-state index < -0.39 is 32.4 Å². The molecule has 59 heavy (non-hydrogen) atoms. The molecule has 3 rings (SSSR count). The number of aliphatic hydroxyl groups is 1. The Bertz CT molecular complexity index is 1350. The topological polar surface area (TPSA) is 173 Å². The van der Waals surface area contributed by atoms with Crippen LogP contribution in [0.3, 0.4) is 0 Å². The van der Waals surface area contributed by atoms with Crippen LogP contribution in [0.4, 0.5) is 5.82 Å². The summed E-state index contributed by atoms with van der Waals surface area (Å²) in [5, 5.41) is 9.85. The second kappa shape index (κ2) is 32.9. The number of rotatable bonds is 40. The predicted octanol–water partition coefficient (Wildman–Crippen LogP) is 11.6. The molecule has 0 bridgehead atoms. The van der Waals surface area contributed by atoms with Crippen molar-refractivity contribution in [1.29, 1.82) is 0 Å². The predicted molar refractivity (Wildman–Crippen MR) is 237 cm³/mol. The van der Waals surface area contributed by atoms with E-state index in [-0.39, 0.29) is 32.1 Å². The van der Waals surface area contributed by atoms with Gasteiger partial charge >= 0.3 is 7.82 Å². The molecule has 0 radical (unpaired) electrons. The van der Waals surface area contributed by atoms with E-state index in [9.17, 15) is 14.6 Å². The number of nitrogens with zero attached hydrogens (tertiary/aromatic N) is 4. The van der Waals surface area contributed by atoms with Crippen molar-refractivity contribution in [3.8, 4) is 0 Å². The summed E-state index contributed by atoms with van der Waals surface area (Å²) in [4.78, 5) is 23.4. The number of fused-ring (bicyclic) bond motifs is 1. The van der Waals surface area contributed by atoms with Gasteiger partial charge in [-0.25, -0.2) is 19.5 Å². The fraction of sp³-hybridized carbons (Fsp3) is 0.889. The average Bonchev–Trinajstić information content (AvgIpc) is 3.85. The number of phosphoric ester groups is 1. The molecule has 14 heteroatoms. The summed E-state index contributed by atoms with van der Waals surface area (Å²) in [5.41, 5.74) is 6.73. The van der Waals surface area contributed by atoms with Crippen molar-refractivity contribution in [3.05, 3.63) is 12.7 Å². The zero-order valence-electron chi connectivity index (χ0n) is 37.2. The maximum atomic E-state index is 13.4. The summed E-state index contributed by atoms with van der Waals surface area (Å²) < 4.78 is 44.4. The SMILES string of the molecule is CCCCCCCCCCCCCCCCOC[C@H](COP(=O)(O)O[C@@H]1C[C@@H](CO)O[C@H]1n1cnc2c(N)ncnc21)OCCCCCCCCCCCCCCCC. The van der Waals surface area contributed by atoms with E-state index in [0.717, 1.165) is 25.7 Å². The van der Waals surface area contributed by atoms with Gasteiger partial charge in [0.1, 0.15) is 24.1 Å². The van der Waals surface area contributed by atoms with Crippen molar-refractivity contribution >= 4 is 24.8 Å². The Morgan fingerprint density at radius 1 is 0.729 bits per heavy atom. The highest BCUT2D eigenvalue weighted by Crippen LogP contribution is 2.49. The van der Waals surface area contributed by atoms with E-state index in [4.69, 9.17) is 29.0 Å². The van der Waals surface area contributed by atoms with Crippen molar-refractivity contribution in [1.82, 2.24) is 19.5 Å². The molecule has 13 nitrogen and oxygen atoms in total. The first kappa shape index (κ1) is 51.6. The van der Waals surface area contributed by atoms with Crippen molar-refractivity contribution in [2.75, 3.05) is 38.8 Å². The van der Waals surface area contributed by atoms with Gasteiger partial charge in [-0.15, -0.1) is 0 Å². The molecule has 2 aromatic heterocycles. The van der Waals surface area contributed by atoms with E-state index >= 15 is 0 Å². The largest absolute Gasteiger partial charge is 0.472 e. The number of nitrogen functional groups attached to an aromatic ring is 1. The molecule has 1 aliphatic heterocycles. The van der Waals surface area contributed by atoms with Crippen LogP contribution in [0.25, 0.3) is 11.2 Å². The molecular weight excluding hydrogens is 769 g/mol. The molecule has 5 atom stereocenters. The number of aliphatic hydroxyl groups excluding tert-OH is 1. The minimum Gasteiger partial charge on any atom is -0.394 e. The summed E-state index contributed by atoms with van der Waals surface area (Å²) in [6.07, 6.45) is 36.2. The fourth-order valence-corrected chi connectivity index (χ4v) is 8.86. The van der Waals surface area contributed by atoms with Crippen molar-refractivity contribution in [3.63, 3.8) is 0 Å². The number of imidazole rings is 1. The Morgan fingerprint density at radius 2 is 1.22 bits per heavy atom. The van der Waals surface area contributed by atoms with Gasteiger partial charge < -0.3 is 29.9 Å². The first-order valence-corrected chi connectivity index (χ1v) is 25.4. The van der Waals surface area contributed by atoms with Gasteiger partial charge in [-0.1, -0.05) is 181 Å². The van der Waals surface area contributed by atoms with Gasteiger partial charge in [-0.2, -0.15) is 0 Å². The van der Waals surface area contributed by atoms with Crippen LogP contribution < -0.4 is 5.73 Å². The molecular formula is C45H84N5O8P. The van der Waals surface area contributed by atoms with Gasteiger partial charge in [0.15, 0.2) is 17.7 Å². The molecule has 0 aromatic carbocycles. The molecule has 1 unspecified atom stereocenters. The highest BCUT2D eigenvalue weighted by Gasteiger charge is 2.42. The first-order valence-electron chi connectivity index (χ1n) is 23.9. The maximum absolute atomic E-state index is 13.4. The summed E-state index contributed by atoms with van der Waals surface area (Å²) in [6, 6.07) is 0. The number of phosphoric acid groups is 1. The van der Waals surface area contributed by atoms with Crippen LogP contribution in [0.2, 0.25) is 0 Å². The standard InChI is InChI=1S/C45H84N5O8P/c1-3-5-7-9-11-13-15-17-19-21-23-25-27-29-31-54-35-40(55-32-30-28-26-24-22-20-18-16-14-12-10-8-6-4-2)36-56-59(52,53)58-41-33-39(34-51)57-45(41)50-38-49-42-43(46)47-37-48-44(42)50/h37-41,45,51H,3-36H2,1-2H3,(H,52,53)(H2,46,47,48)/t39-,40+,41+,45+/m0/s1. The molecule has 1 aliphatic rings. The van der Waals surface area contributed by atoms with Gasteiger partial charge in [0.05, 0.1) is 32.3 Å². The number of unbranched alkanes of at least 4 members (excludes halogenated alkanes) is 26. The number of aromatic nitrogens is 4. The van der Waals surface area contributed by atoms with Gasteiger partial charge in [0.2, 0.25) is 0 Å². The molecule has 0 amide bonds. The van der Waals surface area contributed by atoms with Crippen LogP contribution in [-0.4, -0.2) is 80.9 Å². The van der Waals surface area contributed by atoms with E-state index in [1.54, 1.807) is 4.57 Å². The second-order valence-corrected chi connectivity index (χ2v) is 18.2. The van der Waals surface area contributed by atoms with Gasteiger partial charge in [-0.05, 0) is 12.8 Å². The minimum atomic E-state index is -4.58. The lowest BCUT2D eigenvalue weighted by Crippen LogP contribution is -2.27. The van der Waals surface area contributed by atoms with Crippen LogP contribution in [-0.2, 0) is 27.8 Å². The second-order valence-electron chi connectivity index (χ2n) is 16.8. The van der Waals surface area contributed by atoms with Gasteiger partial charge in [0.25, 0.3) is 0 Å². The Kier molecular flexibility index (Phi) is 28.8. The molecule has 342 valence electrons. The number of anilines is 1. The molecule has 1 fully saturated rings. The molecule has 4 N–H and O–H groups in total. The van der Waals surface area contributed by atoms with Crippen LogP contribution in [0.1, 0.15) is 206 Å². The molecule has 0 saturated carbocycles. The Balaban J connectivity index is 1.37. The summed E-state index contributed by atoms with van der Waals surface area (Å²) in [7, 11) is -4.58. The first-order chi connectivity index (χ1) is 28.9. The van der Waals surface area contributed by atoms with E-state index in [1.807, 2.05) is 0 Å². The van der Waals surface area contributed by atoms with Crippen LogP contribution in [0.5, 0.6) is 0 Å². The Labute approximate surface area is 357 Å². The zero-order valence-corrected chi connectivity index (χ0v) is 38.1. The van der Waals surface area contributed by atoms with E-state index in [1.165, 1.54) is 167 Å². The van der Waals surface area contributed by atoms with Crippen LogP contribution in [0.15, 0.2) is 12.7 Å². The quantitative estimate of drug-likeness (QED) is 0.0428. The molecule has 0 spiro atoms. The van der Waals surface area contributed by atoms with E-state index in [2.05, 4.69) is 28.8 Å². The maximum Gasteiger partial charge on any atom is 0.472 e. The van der Waals surface area contributed by atoms with Crippen molar-refractivity contribution in [2.45, 2.75) is 225 Å². The lowest BCUT2D eigenvalue weighted by atomic mass is 10.0. The zero-order chi connectivity index (χ0) is 42.2. The average molecular weight is 854 g/mol. The third-order valence-corrected chi connectivity index (χ3v) is 12.5. The van der Waals surface area contributed by atoms with Gasteiger partial charge in [-0.3, -0.25) is 13.6 Å². The lowest BCUT2D eigenvalue weighted by molar-refractivity contribution is -0.0592. The third kappa shape index (κ3) is 22.8. The Morgan fingerprint density at radius 3 is 1.73 bits per heavy atom. The molecule has 2 aromatic rings. The lowest BCUT2D eigenvalue weighted by Gasteiger charge is -2.24. The third-order valence-electron chi connectivity index (χ3n) is 11.5. The smallest absolute Gasteiger partial charge is 0.394 e. The molecule has 1 saturated heterocycles. The number of ether oxygens (including phenoxy) is 3. The monoisotopic (exact) mass is 854 g/mol. The number of hydrogen-bond acceptors (Lipinski definition) is 11. The van der Waals surface area contributed by atoms with E-state index in [0.29, 0.717) is 24.4 Å². The minimum absolute atomic E-state index is 0.162. The van der Waals surface area contributed by atoms with Crippen LogP contribution >= 0.6 is 7.82 Å². The number of nitrogens with two attached hydrogens (primary N) is 1. The fourth-order valence-electron chi connectivity index (χ4n) is 7.91. The molecule has 3 heterocycles. The highest BCUT2D eigenvalue weighted by molar-refractivity contribution is 7.47. The summed E-state index contributed by atoms with van der Waals surface area (Å²) in [5.74, 6) is 0.200. The molecule has 0 aliphatic carbocycles. The van der Waals surface area contributed by atoms with Gasteiger partial charge in [0, 0.05) is 19.6 Å². The van der Waals surface area contributed by atoms with Crippen molar-refractivity contribution < 1.29 is 37.8 Å². The summed E-state index contributed by atoms with van der Waals surface area (Å²) in [6.45, 7) is 5.49. The number of hydrogen-bond donors (Lipinski definition) is 3. The normalized spacial score (nSPS) is 18.5.